The monoisotopic (exact) mass is 763 g/mol. The molecule has 0 radical (unpaired) electrons. The van der Waals surface area contributed by atoms with Gasteiger partial charge in [-0.3, -0.25) is 0 Å². The molecule has 0 amide bonds. The summed E-state index contributed by atoms with van der Waals surface area (Å²) < 4.78 is 7.15. The Bertz CT molecular complexity index is 3240. The van der Waals surface area contributed by atoms with Crippen LogP contribution in [0, 0.1) is 0 Å². The van der Waals surface area contributed by atoms with Crippen molar-refractivity contribution in [2.24, 2.45) is 0 Å². The van der Waals surface area contributed by atoms with Crippen LogP contribution in [0.3, 0.4) is 0 Å². The number of fused-ring (bicyclic) bond motifs is 15. The van der Waals surface area contributed by atoms with Crippen LogP contribution in [0.1, 0.15) is 44.5 Å². The summed E-state index contributed by atoms with van der Waals surface area (Å²) in [5, 5.41) is 1.15. The van der Waals surface area contributed by atoms with Crippen LogP contribution in [0.15, 0.2) is 229 Å². The summed E-state index contributed by atoms with van der Waals surface area (Å²) in [5.41, 5.74) is 19.4. The van der Waals surface area contributed by atoms with E-state index in [0.717, 1.165) is 39.4 Å². The van der Waals surface area contributed by atoms with E-state index in [-0.39, 0.29) is 0 Å². The largest absolute Gasteiger partial charge is 0.456 e. The van der Waals surface area contributed by atoms with Crippen molar-refractivity contribution >= 4 is 28.0 Å². The summed E-state index contributed by atoms with van der Waals surface area (Å²) in [4.78, 5) is 2.46. The van der Waals surface area contributed by atoms with Crippen LogP contribution >= 0.6 is 0 Å². The predicted octanol–water partition coefficient (Wildman–Crippen LogP) is 14.6. The first-order chi connectivity index (χ1) is 29.8. The highest BCUT2D eigenvalue weighted by molar-refractivity contribution is 6.06. The van der Waals surface area contributed by atoms with Crippen LogP contribution in [0.25, 0.3) is 44.5 Å². The van der Waals surface area contributed by atoms with Crippen LogP contribution in [0.4, 0.5) is 17.1 Å². The lowest BCUT2D eigenvalue weighted by Gasteiger charge is -2.35. The van der Waals surface area contributed by atoms with Gasteiger partial charge in [-0.2, -0.15) is 0 Å². The van der Waals surface area contributed by atoms with Gasteiger partial charge >= 0.3 is 0 Å². The van der Waals surface area contributed by atoms with Crippen molar-refractivity contribution in [3.63, 3.8) is 0 Å². The van der Waals surface area contributed by atoms with Crippen molar-refractivity contribution in [2.45, 2.75) is 10.8 Å². The molecule has 0 saturated heterocycles. The fourth-order valence-electron chi connectivity index (χ4n) is 11.4. The van der Waals surface area contributed by atoms with E-state index in [0.29, 0.717) is 0 Å². The van der Waals surface area contributed by atoms with Gasteiger partial charge in [0.1, 0.15) is 11.3 Å². The zero-order valence-electron chi connectivity index (χ0n) is 32.7. The van der Waals surface area contributed by atoms with Gasteiger partial charge < -0.3 is 9.32 Å². The Kier molecular flexibility index (Phi) is 6.89. The molecular weight excluding hydrogens is 727 g/mol. The van der Waals surface area contributed by atoms with Crippen molar-refractivity contribution in [3.8, 4) is 33.6 Å². The second kappa shape index (κ2) is 12.4. The molecule has 3 aliphatic carbocycles. The van der Waals surface area contributed by atoms with Crippen LogP contribution in [0.5, 0.6) is 0 Å². The Morgan fingerprint density at radius 2 is 0.850 bits per heavy atom. The summed E-state index contributed by atoms with van der Waals surface area (Å²) >= 11 is 0. The van der Waals surface area contributed by atoms with Crippen molar-refractivity contribution in [1.82, 2.24) is 0 Å². The number of hydrogen-bond donors (Lipinski definition) is 0. The molecule has 0 bridgehead atoms. The Hall–Kier alpha value is -7.68. The third kappa shape index (κ3) is 4.17. The van der Waals surface area contributed by atoms with E-state index in [2.05, 4.69) is 229 Å². The zero-order valence-corrected chi connectivity index (χ0v) is 32.7. The minimum absolute atomic E-state index is 0.529. The molecule has 3 aliphatic rings. The highest BCUT2D eigenvalue weighted by atomic mass is 16.3. The molecule has 2 heteroatoms. The number of hydrogen-bond acceptors (Lipinski definition) is 2. The first-order valence-electron chi connectivity index (χ1n) is 20.9. The van der Waals surface area contributed by atoms with E-state index in [1.807, 2.05) is 0 Å². The Morgan fingerprint density at radius 1 is 0.350 bits per heavy atom. The van der Waals surface area contributed by atoms with E-state index in [9.17, 15) is 0 Å². The fourth-order valence-corrected chi connectivity index (χ4v) is 11.4. The standard InChI is InChI=1S/C58H37NO/c1-4-19-38(20-5-1)57(39-21-6-2-7-22-39)47-29-14-10-27-44(47)45-36-35-41(37-51(45)57)59(40-23-8-3-9-24-40)52-33-18-32-50-54(52)56-55(46-28-13-17-34-53(46)60-56)58(50)48-30-15-11-25-42(48)43-26-12-16-31-49(43)58/h1-37H. The van der Waals surface area contributed by atoms with Gasteiger partial charge in [0.25, 0.3) is 0 Å². The smallest absolute Gasteiger partial charge is 0.142 e. The second-order valence-electron chi connectivity index (χ2n) is 16.3. The van der Waals surface area contributed by atoms with E-state index in [1.54, 1.807) is 0 Å². The summed E-state index contributed by atoms with van der Waals surface area (Å²) in [6, 6.07) is 82.6. The number of para-hydroxylation sites is 2. The highest BCUT2D eigenvalue weighted by Gasteiger charge is 2.55. The fraction of sp³-hybridized carbons (Fsp3) is 0.0345. The van der Waals surface area contributed by atoms with Crippen molar-refractivity contribution in [1.29, 1.82) is 0 Å². The average molecular weight is 764 g/mol. The topological polar surface area (TPSA) is 16.4 Å². The van der Waals surface area contributed by atoms with Crippen molar-refractivity contribution in [2.75, 3.05) is 4.90 Å². The molecule has 10 aromatic rings. The van der Waals surface area contributed by atoms with Gasteiger partial charge in [0.15, 0.2) is 0 Å². The van der Waals surface area contributed by atoms with Crippen LogP contribution < -0.4 is 4.90 Å². The Morgan fingerprint density at radius 3 is 1.48 bits per heavy atom. The Balaban J connectivity index is 1.13. The molecule has 0 atom stereocenters. The quantitative estimate of drug-likeness (QED) is 0.174. The summed E-state index contributed by atoms with van der Waals surface area (Å²) in [6.45, 7) is 0. The molecule has 1 aromatic heterocycles. The predicted molar refractivity (Wildman–Crippen MR) is 244 cm³/mol. The maximum atomic E-state index is 7.15. The number of benzene rings is 9. The molecule has 0 unspecified atom stereocenters. The minimum Gasteiger partial charge on any atom is -0.456 e. The first kappa shape index (κ1) is 33.3. The van der Waals surface area contributed by atoms with Crippen molar-refractivity contribution < 1.29 is 4.42 Å². The third-order valence-electron chi connectivity index (χ3n) is 13.6. The van der Waals surface area contributed by atoms with Gasteiger partial charge in [0.05, 0.1) is 16.5 Å². The maximum absolute atomic E-state index is 7.15. The molecule has 9 aromatic carbocycles. The number of rotatable bonds is 5. The molecule has 0 aliphatic heterocycles. The maximum Gasteiger partial charge on any atom is 0.142 e. The highest BCUT2D eigenvalue weighted by Crippen LogP contribution is 2.67. The van der Waals surface area contributed by atoms with E-state index < -0.39 is 10.8 Å². The molecule has 0 saturated carbocycles. The van der Waals surface area contributed by atoms with Crippen LogP contribution in [-0.2, 0) is 10.8 Å². The Labute approximate surface area is 349 Å². The normalized spacial score (nSPS) is 14.3. The van der Waals surface area contributed by atoms with Gasteiger partial charge in [0.2, 0.25) is 0 Å². The molecule has 0 N–H and O–H groups in total. The first-order valence-corrected chi connectivity index (χ1v) is 20.9. The molecule has 13 rings (SSSR count). The minimum atomic E-state index is -0.557. The van der Waals surface area contributed by atoms with Gasteiger partial charge in [0, 0.05) is 27.9 Å². The lowest BCUT2D eigenvalue weighted by Crippen LogP contribution is -2.28. The summed E-state index contributed by atoms with van der Waals surface area (Å²) in [5.74, 6) is 0.936. The molecule has 280 valence electrons. The molecule has 0 fully saturated rings. The molecule has 2 nitrogen and oxygen atoms in total. The number of anilines is 3. The lowest BCUT2D eigenvalue weighted by molar-refractivity contribution is 0.628. The van der Waals surface area contributed by atoms with Crippen molar-refractivity contribution in [3.05, 3.63) is 269 Å². The second-order valence-corrected chi connectivity index (χ2v) is 16.3. The van der Waals surface area contributed by atoms with Gasteiger partial charge in [-0.25, -0.2) is 0 Å². The molecule has 1 spiro atoms. The van der Waals surface area contributed by atoms with Gasteiger partial charge in [-0.1, -0.05) is 188 Å². The number of nitrogens with zero attached hydrogens (tertiary/aromatic N) is 1. The van der Waals surface area contributed by atoms with Crippen LogP contribution in [-0.4, -0.2) is 0 Å². The lowest BCUT2D eigenvalue weighted by atomic mass is 9.67. The molecule has 1 heterocycles. The van der Waals surface area contributed by atoms with E-state index >= 15 is 0 Å². The summed E-state index contributed by atoms with van der Waals surface area (Å²) in [6.07, 6.45) is 0. The molecular formula is C58H37NO. The zero-order chi connectivity index (χ0) is 39.4. The van der Waals surface area contributed by atoms with E-state index in [1.165, 1.54) is 66.8 Å². The van der Waals surface area contributed by atoms with Gasteiger partial charge in [-0.05, 0) is 97.6 Å². The average Bonchev–Trinajstić information content (AvgIpc) is 4.02. The molecule has 60 heavy (non-hydrogen) atoms. The van der Waals surface area contributed by atoms with Gasteiger partial charge in [-0.15, -0.1) is 0 Å². The van der Waals surface area contributed by atoms with E-state index in [4.69, 9.17) is 4.42 Å². The number of furan rings is 1. The SMILES string of the molecule is c1ccc(N(c2ccc3c(c2)C(c2ccccc2)(c2ccccc2)c2ccccc2-3)c2cccc3c2-c2oc4ccccc4c2C32c3ccccc3-c3ccccc32)cc1. The summed E-state index contributed by atoms with van der Waals surface area (Å²) in [7, 11) is 0. The third-order valence-corrected chi connectivity index (χ3v) is 13.6. The van der Waals surface area contributed by atoms with Crippen LogP contribution in [0.2, 0.25) is 0 Å².